The van der Waals surface area contributed by atoms with Gasteiger partial charge in [0.25, 0.3) is 5.91 Å². The minimum atomic E-state index is 0.0980. The maximum atomic E-state index is 12.2. The van der Waals surface area contributed by atoms with Gasteiger partial charge in [0, 0.05) is 25.8 Å². The second-order valence-electron chi connectivity index (χ2n) is 5.59. The summed E-state index contributed by atoms with van der Waals surface area (Å²) in [5.41, 5.74) is 1.98. The summed E-state index contributed by atoms with van der Waals surface area (Å²) in [7, 11) is 0. The van der Waals surface area contributed by atoms with Gasteiger partial charge in [0.2, 0.25) is 0 Å². The minimum absolute atomic E-state index is 0.0980. The molecule has 4 heteroatoms. The van der Waals surface area contributed by atoms with E-state index in [-0.39, 0.29) is 5.91 Å². The molecule has 0 saturated carbocycles. The standard InChI is InChI=1S/C18H21N3O/c22-18(21-12-4-5-13-21)16-8-9-17(20-14-16)19-11-10-15-6-2-1-3-7-15/h1-3,6-9,14H,4-5,10-13H2,(H,19,20). The SMILES string of the molecule is O=C(c1ccc(NCCc2ccccc2)nc1)N1CCCC1. The molecule has 1 aromatic carbocycles. The Morgan fingerprint density at radius 3 is 2.55 bits per heavy atom. The summed E-state index contributed by atoms with van der Waals surface area (Å²) < 4.78 is 0. The molecule has 2 heterocycles. The first kappa shape index (κ1) is 14.6. The molecule has 1 aliphatic heterocycles. The Balaban J connectivity index is 1.52. The van der Waals surface area contributed by atoms with E-state index >= 15 is 0 Å². The number of rotatable bonds is 5. The van der Waals surface area contributed by atoms with Crippen molar-refractivity contribution in [2.24, 2.45) is 0 Å². The molecule has 1 fully saturated rings. The molecular formula is C18H21N3O. The van der Waals surface area contributed by atoms with E-state index < -0.39 is 0 Å². The first-order valence-corrected chi connectivity index (χ1v) is 7.86. The van der Waals surface area contributed by atoms with Gasteiger partial charge in [0.05, 0.1) is 5.56 Å². The molecule has 0 atom stereocenters. The fourth-order valence-electron chi connectivity index (χ4n) is 2.71. The second kappa shape index (κ2) is 7.07. The third-order valence-electron chi connectivity index (χ3n) is 3.97. The summed E-state index contributed by atoms with van der Waals surface area (Å²) in [5, 5.41) is 3.29. The molecule has 114 valence electrons. The zero-order valence-corrected chi connectivity index (χ0v) is 12.7. The van der Waals surface area contributed by atoms with Crippen LogP contribution in [0.1, 0.15) is 28.8 Å². The van der Waals surface area contributed by atoms with Crippen molar-refractivity contribution in [3.05, 3.63) is 59.8 Å². The van der Waals surface area contributed by atoms with Crippen LogP contribution in [-0.2, 0) is 6.42 Å². The molecule has 3 rings (SSSR count). The predicted molar refractivity (Wildman–Crippen MR) is 88.0 cm³/mol. The molecule has 1 amide bonds. The largest absolute Gasteiger partial charge is 0.370 e. The Labute approximate surface area is 131 Å². The van der Waals surface area contributed by atoms with Crippen LogP contribution in [0.2, 0.25) is 0 Å². The Bertz CT molecular complexity index is 604. The fraction of sp³-hybridized carbons (Fsp3) is 0.333. The lowest BCUT2D eigenvalue weighted by molar-refractivity contribution is 0.0792. The molecule has 0 radical (unpaired) electrons. The molecule has 2 aromatic rings. The monoisotopic (exact) mass is 295 g/mol. The Kier molecular flexibility index (Phi) is 4.68. The maximum Gasteiger partial charge on any atom is 0.255 e. The van der Waals surface area contributed by atoms with Crippen LogP contribution in [0.15, 0.2) is 48.7 Å². The van der Waals surface area contributed by atoms with Crippen LogP contribution in [0.4, 0.5) is 5.82 Å². The van der Waals surface area contributed by atoms with Crippen LogP contribution < -0.4 is 5.32 Å². The summed E-state index contributed by atoms with van der Waals surface area (Å²) in [6.07, 6.45) is 4.85. The van der Waals surface area contributed by atoms with Gasteiger partial charge in [-0.1, -0.05) is 30.3 Å². The van der Waals surface area contributed by atoms with E-state index in [1.54, 1.807) is 6.20 Å². The number of aromatic nitrogens is 1. The summed E-state index contributed by atoms with van der Waals surface area (Å²) >= 11 is 0. The number of pyridine rings is 1. The first-order chi connectivity index (χ1) is 10.8. The van der Waals surface area contributed by atoms with Crippen molar-refractivity contribution in [1.29, 1.82) is 0 Å². The van der Waals surface area contributed by atoms with Crippen LogP contribution in [-0.4, -0.2) is 35.4 Å². The maximum absolute atomic E-state index is 12.2. The number of hydrogen-bond donors (Lipinski definition) is 1. The highest BCUT2D eigenvalue weighted by Gasteiger charge is 2.19. The predicted octanol–water partition coefficient (Wildman–Crippen LogP) is 2.97. The lowest BCUT2D eigenvalue weighted by Gasteiger charge is -2.15. The number of anilines is 1. The van der Waals surface area contributed by atoms with Crippen LogP contribution in [0.25, 0.3) is 0 Å². The first-order valence-electron chi connectivity index (χ1n) is 7.86. The van der Waals surface area contributed by atoms with Crippen molar-refractivity contribution in [1.82, 2.24) is 9.88 Å². The lowest BCUT2D eigenvalue weighted by atomic mass is 10.1. The van der Waals surface area contributed by atoms with Gasteiger partial charge in [-0.25, -0.2) is 4.98 Å². The smallest absolute Gasteiger partial charge is 0.255 e. The Morgan fingerprint density at radius 2 is 1.86 bits per heavy atom. The van der Waals surface area contributed by atoms with Crippen LogP contribution in [0.5, 0.6) is 0 Å². The highest BCUT2D eigenvalue weighted by Crippen LogP contribution is 2.13. The van der Waals surface area contributed by atoms with E-state index in [0.29, 0.717) is 5.56 Å². The third kappa shape index (κ3) is 3.64. The van der Waals surface area contributed by atoms with Gasteiger partial charge in [-0.15, -0.1) is 0 Å². The number of carbonyl (C=O) groups excluding carboxylic acids is 1. The van der Waals surface area contributed by atoms with Crippen LogP contribution in [0.3, 0.4) is 0 Å². The van der Waals surface area contributed by atoms with Crippen molar-refractivity contribution in [2.45, 2.75) is 19.3 Å². The fourth-order valence-corrected chi connectivity index (χ4v) is 2.71. The van der Waals surface area contributed by atoms with Gasteiger partial charge in [0.15, 0.2) is 0 Å². The minimum Gasteiger partial charge on any atom is -0.370 e. The normalized spacial score (nSPS) is 14.1. The van der Waals surface area contributed by atoms with Gasteiger partial charge in [0.1, 0.15) is 5.82 Å². The average Bonchev–Trinajstić information content (AvgIpc) is 3.10. The quantitative estimate of drug-likeness (QED) is 0.922. The van der Waals surface area contributed by atoms with E-state index in [4.69, 9.17) is 0 Å². The van der Waals surface area contributed by atoms with Gasteiger partial charge in [-0.05, 0) is 37.0 Å². The van der Waals surface area contributed by atoms with Crippen LogP contribution >= 0.6 is 0 Å². The second-order valence-corrected chi connectivity index (χ2v) is 5.59. The summed E-state index contributed by atoms with van der Waals surface area (Å²) in [5.74, 6) is 0.912. The third-order valence-corrected chi connectivity index (χ3v) is 3.97. The van der Waals surface area contributed by atoms with E-state index in [9.17, 15) is 4.79 Å². The van der Waals surface area contributed by atoms with Crippen molar-refractivity contribution in [2.75, 3.05) is 25.0 Å². The number of hydrogen-bond acceptors (Lipinski definition) is 3. The van der Waals surface area contributed by atoms with Crippen molar-refractivity contribution in [3.8, 4) is 0 Å². The molecular weight excluding hydrogens is 274 g/mol. The number of nitrogens with one attached hydrogen (secondary N) is 1. The van der Waals surface area contributed by atoms with E-state index in [2.05, 4.69) is 22.4 Å². The molecule has 0 unspecified atom stereocenters. The topological polar surface area (TPSA) is 45.2 Å². The zero-order valence-electron chi connectivity index (χ0n) is 12.7. The number of benzene rings is 1. The summed E-state index contributed by atoms with van der Waals surface area (Å²) in [6.45, 7) is 2.57. The van der Waals surface area contributed by atoms with Crippen molar-refractivity contribution < 1.29 is 4.79 Å². The highest BCUT2D eigenvalue weighted by atomic mass is 16.2. The molecule has 0 aliphatic carbocycles. The van der Waals surface area contributed by atoms with Gasteiger partial charge >= 0.3 is 0 Å². The van der Waals surface area contributed by atoms with Crippen LogP contribution in [0, 0.1) is 0 Å². The Hall–Kier alpha value is -2.36. The van der Waals surface area contributed by atoms with E-state index in [1.807, 2.05) is 35.2 Å². The number of likely N-dealkylation sites (tertiary alicyclic amines) is 1. The summed E-state index contributed by atoms with van der Waals surface area (Å²) in [6, 6.07) is 14.1. The summed E-state index contributed by atoms with van der Waals surface area (Å²) in [4.78, 5) is 18.5. The van der Waals surface area contributed by atoms with Gasteiger partial charge in [-0.3, -0.25) is 4.79 Å². The van der Waals surface area contributed by atoms with Crippen molar-refractivity contribution in [3.63, 3.8) is 0 Å². The number of carbonyl (C=O) groups is 1. The molecule has 22 heavy (non-hydrogen) atoms. The average molecular weight is 295 g/mol. The number of amides is 1. The molecule has 0 bridgehead atoms. The van der Waals surface area contributed by atoms with E-state index in [0.717, 1.165) is 44.7 Å². The molecule has 4 nitrogen and oxygen atoms in total. The molecule has 1 saturated heterocycles. The molecule has 1 aromatic heterocycles. The van der Waals surface area contributed by atoms with E-state index in [1.165, 1.54) is 5.56 Å². The van der Waals surface area contributed by atoms with Crippen molar-refractivity contribution >= 4 is 11.7 Å². The molecule has 0 spiro atoms. The van der Waals surface area contributed by atoms with Gasteiger partial charge in [-0.2, -0.15) is 0 Å². The number of nitrogens with zero attached hydrogens (tertiary/aromatic N) is 2. The Morgan fingerprint density at radius 1 is 1.09 bits per heavy atom. The van der Waals surface area contributed by atoms with Gasteiger partial charge < -0.3 is 10.2 Å². The highest BCUT2D eigenvalue weighted by molar-refractivity contribution is 5.94. The molecule has 1 aliphatic rings. The zero-order chi connectivity index (χ0) is 15.2. The lowest BCUT2D eigenvalue weighted by Crippen LogP contribution is -2.27. The molecule has 1 N–H and O–H groups in total.